The second-order valence-corrected chi connectivity index (χ2v) is 6.40. The molecule has 2 rings (SSSR count). The molecule has 0 atom stereocenters. The van der Waals surface area contributed by atoms with Gasteiger partial charge in [-0.3, -0.25) is 9.89 Å². The molecule has 4 heteroatoms. The number of benzene rings is 1. The van der Waals surface area contributed by atoms with E-state index in [-0.39, 0.29) is 0 Å². The zero-order chi connectivity index (χ0) is 17.2. The summed E-state index contributed by atoms with van der Waals surface area (Å²) in [5.74, 6) is 0.847. The molecule has 0 N–H and O–H groups in total. The predicted octanol–water partition coefficient (Wildman–Crippen LogP) is 2.99. The quantitative estimate of drug-likeness (QED) is 0.542. The van der Waals surface area contributed by atoms with Crippen molar-refractivity contribution in [3.8, 4) is 0 Å². The molecule has 132 valence electrons. The Morgan fingerprint density at radius 1 is 1.12 bits per heavy atom. The number of ether oxygens (including phenoxy) is 1. The summed E-state index contributed by atoms with van der Waals surface area (Å²) in [7, 11) is 3.88. The molecule has 1 saturated heterocycles. The smallest absolute Gasteiger partial charge is 0.132 e. The van der Waals surface area contributed by atoms with Crippen LogP contribution in [0, 0.1) is 0 Å². The maximum absolute atomic E-state index is 5.24. The highest BCUT2D eigenvalue weighted by Crippen LogP contribution is 2.10. The maximum atomic E-state index is 5.24. The molecule has 1 aliphatic heterocycles. The minimum absolute atomic E-state index is 0.794. The Morgan fingerprint density at radius 2 is 1.79 bits per heavy atom. The van der Waals surface area contributed by atoms with E-state index in [1.54, 1.807) is 7.11 Å². The lowest BCUT2D eigenvalue weighted by molar-refractivity contribution is 0.148. The number of aliphatic imine (C=N–C) groups is 1. The van der Waals surface area contributed by atoms with Gasteiger partial charge in [-0.25, -0.2) is 0 Å². The molecule has 0 aliphatic carbocycles. The van der Waals surface area contributed by atoms with Gasteiger partial charge in [0.2, 0.25) is 0 Å². The number of nitrogens with zero attached hydrogens (tertiary/aromatic N) is 3. The van der Waals surface area contributed by atoms with Crippen LogP contribution in [-0.2, 0) is 17.7 Å². The zero-order valence-corrected chi connectivity index (χ0v) is 15.4. The minimum atomic E-state index is 0.794. The fourth-order valence-electron chi connectivity index (χ4n) is 2.81. The fourth-order valence-corrected chi connectivity index (χ4v) is 2.81. The molecule has 0 aromatic heterocycles. The Kier molecular flexibility index (Phi) is 7.99. The van der Waals surface area contributed by atoms with Crippen molar-refractivity contribution >= 4 is 6.21 Å². The van der Waals surface area contributed by atoms with Gasteiger partial charge in [-0.05, 0) is 37.1 Å². The van der Waals surface area contributed by atoms with Crippen molar-refractivity contribution in [1.82, 2.24) is 9.80 Å². The summed E-state index contributed by atoms with van der Waals surface area (Å²) in [5, 5.41) is 0. The largest absolute Gasteiger partial charge is 0.496 e. The van der Waals surface area contributed by atoms with Gasteiger partial charge < -0.3 is 9.64 Å². The molecule has 1 aromatic carbocycles. The minimum Gasteiger partial charge on any atom is -0.496 e. The van der Waals surface area contributed by atoms with Crippen molar-refractivity contribution < 1.29 is 4.74 Å². The number of likely N-dealkylation sites (N-methyl/N-ethyl adjacent to an activating group) is 1. The first-order chi connectivity index (χ1) is 11.7. The lowest BCUT2D eigenvalue weighted by Gasteiger charge is -2.32. The van der Waals surface area contributed by atoms with Crippen molar-refractivity contribution in [2.45, 2.75) is 26.3 Å². The summed E-state index contributed by atoms with van der Waals surface area (Å²) in [6.07, 6.45) is 5.79. The summed E-state index contributed by atoms with van der Waals surface area (Å²) >= 11 is 0. The summed E-state index contributed by atoms with van der Waals surface area (Å²) in [5.41, 5.74) is 2.74. The van der Waals surface area contributed by atoms with Gasteiger partial charge in [0.1, 0.15) is 5.76 Å². The average Bonchev–Trinajstić information content (AvgIpc) is 2.61. The molecule has 0 radical (unpaired) electrons. The predicted molar refractivity (Wildman–Crippen MR) is 102 cm³/mol. The molecule has 24 heavy (non-hydrogen) atoms. The third kappa shape index (κ3) is 6.46. The van der Waals surface area contributed by atoms with Crippen LogP contribution in [0.1, 0.15) is 24.5 Å². The van der Waals surface area contributed by atoms with E-state index in [1.807, 2.05) is 12.3 Å². The zero-order valence-electron chi connectivity index (χ0n) is 15.4. The van der Waals surface area contributed by atoms with Crippen molar-refractivity contribution in [3.63, 3.8) is 0 Å². The number of methoxy groups -OCH3 is 1. The maximum Gasteiger partial charge on any atom is 0.132 e. The van der Waals surface area contributed by atoms with Gasteiger partial charge in [0, 0.05) is 39.3 Å². The lowest BCUT2D eigenvalue weighted by Crippen LogP contribution is -2.43. The van der Waals surface area contributed by atoms with Gasteiger partial charge in [0.15, 0.2) is 0 Å². The first-order valence-corrected chi connectivity index (χ1v) is 8.94. The number of piperazine rings is 1. The Balaban J connectivity index is 1.75. The monoisotopic (exact) mass is 329 g/mol. The van der Waals surface area contributed by atoms with Gasteiger partial charge in [-0.2, -0.15) is 0 Å². The second kappa shape index (κ2) is 10.3. The van der Waals surface area contributed by atoms with E-state index in [0.717, 1.165) is 31.7 Å². The van der Waals surface area contributed by atoms with Gasteiger partial charge >= 0.3 is 0 Å². The standard InChI is InChI=1S/C20H31N3O/c1-4-5-20(24-3)16-21-11-10-18-6-8-19(9-7-18)17-23-14-12-22(2)13-15-23/h5-9,16H,4,10-15,17H2,1-3H3/b20-5+,21-16?. The molecule has 1 aliphatic rings. The molecule has 1 heterocycles. The Labute approximate surface area is 146 Å². The van der Waals surface area contributed by atoms with Crippen LogP contribution in [0.5, 0.6) is 0 Å². The number of hydrogen-bond acceptors (Lipinski definition) is 4. The molecule has 0 spiro atoms. The molecule has 0 unspecified atom stereocenters. The highest BCUT2D eigenvalue weighted by Gasteiger charge is 2.13. The van der Waals surface area contributed by atoms with Crippen molar-refractivity contribution in [1.29, 1.82) is 0 Å². The average molecular weight is 329 g/mol. The van der Waals surface area contributed by atoms with Gasteiger partial charge in [-0.1, -0.05) is 31.2 Å². The van der Waals surface area contributed by atoms with Crippen LogP contribution in [0.15, 0.2) is 41.1 Å². The van der Waals surface area contributed by atoms with Crippen LogP contribution in [0.25, 0.3) is 0 Å². The topological polar surface area (TPSA) is 28.1 Å². The van der Waals surface area contributed by atoms with Crippen molar-refractivity contribution in [3.05, 3.63) is 47.2 Å². The summed E-state index contributed by atoms with van der Waals surface area (Å²) < 4.78 is 5.24. The second-order valence-electron chi connectivity index (χ2n) is 6.40. The van der Waals surface area contributed by atoms with E-state index in [4.69, 9.17) is 4.74 Å². The lowest BCUT2D eigenvalue weighted by atomic mass is 10.1. The van der Waals surface area contributed by atoms with Crippen LogP contribution in [0.2, 0.25) is 0 Å². The Bertz CT molecular complexity index is 528. The van der Waals surface area contributed by atoms with E-state index >= 15 is 0 Å². The Hall–Kier alpha value is -1.65. The van der Waals surface area contributed by atoms with Gasteiger partial charge in [-0.15, -0.1) is 0 Å². The van der Waals surface area contributed by atoms with Crippen molar-refractivity contribution in [2.24, 2.45) is 4.99 Å². The molecule has 0 saturated carbocycles. The van der Waals surface area contributed by atoms with Crippen LogP contribution in [-0.4, -0.2) is 62.9 Å². The van der Waals surface area contributed by atoms with Crippen LogP contribution in [0.3, 0.4) is 0 Å². The summed E-state index contributed by atoms with van der Waals surface area (Å²) in [6, 6.07) is 8.99. The molecule has 1 fully saturated rings. The van der Waals surface area contributed by atoms with E-state index in [0.29, 0.717) is 0 Å². The molecular formula is C20H31N3O. The molecule has 0 amide bonds. The third-order valence-electron chi connectivity index (χ3n) is 4.41. The normalized spacial score (nSPS) is 17.5. The number of allylic oxidation sites excluding steroid dienone is 2. The highest BCUT2D eigenvalue weighted by molar-refractivity contribution is 5.75. The number of rotatable bonds is 8. The SMILES string of the molecule is CC/C=C(\C=NCCc1ccc(CN2CCN(C)CC2)cc1)OC. The summed E-state index contributed by atoms with van der Waals surface area (Å²) in [4.78, 5) is 9.38. The van der Waals surface area contributed by atoms with E-state index in [1.165, 1.54) is 37.3 Å². The van der Waals surface area contributed by atoms with E-state index < -0.39 is 0 Å². The molecular weight excluding hydrogens is 298 g/mol. The molecule has 0 bridgehead atoms. The fraction of sp³-hybridized carbons (Fsp3) is 0.550. The first kappa shape index (κ1) is 18.7. The highest BCUT2D eigenvalue weighted by atomic mass is 16.5. The summed E-state index contributed by atoms with van der Waals surface area (Å²) in [6.45, 7) is 8.63. The molecule has 1 aromatic rings. The van der Waals surface area contributed by atoms with E-state index in [2.05, 4.69) is 53.0 Å². The third-order valence-corrected chi connectivity index (χ3v) is 4.41. The Morgan fingerprint density at radius 3 is 2.42 bits per heavy atom. The molecule has 4 nitrogen and oxygen atoms in total. The first-order valence-electron chi connectivity index (χ1n) is 8.94. The van der Waals surface area contributed by atoms with Crippen LogP contribution in [0.4, 0.5) is 0 Å². The van der Waals surface area contributed by atoms with Gasteiger partial charge in [0.05, 0.1) is 13.3 Å². The van der Waals surface area contributed by atoms with E-state index in [9.17, 15) is 0 Å². The van der Waals surface area contributed by atoms with Crippen LogP contribution >= 0.6 is 0 Å². The van der Waals surface area contributed by atoms with Gasteiger partial charge in [0.25, 0.3) is 0 Å². The van der Waals surface area contributed by atoms with Crippen molar-refractivity contribution in [2.75, 3.05) is 46.9 Å². The van der Waals surface area contributed by atoms with Crippen LogP contribution < -0.4 is 0 Å². The number of hydrogen-bond donors (Lipinski definition) is 0.